The molecular weight excluding hydrogens is 807 g/mol. The van der Waals surface area contributed by atoms with Crippen molar-refractivity contribution in [3.05, 3.63) is 317 Å². The van der Waals surface area contributed by atoms with Crippen molar-refractivity contribution in [1.82, 2.24) is 0 Å². The van der Waals surface area contributed by atoms with E-state index in [0.29, 0.717) is 16.9 Å². The van der Waals surface area contributed by atoms with Crippen molar-refractivity contribution in [2.75, 3.05) is 4.90 Å². The normalized spacial score (nSPS) is 14.4. The summed E-state index contributed by atoms with van der Waals surface area (Å²) in [6, 6.07) is 86.5. The summed E-state index contributed by atoms with van der Waals surface area (Å²) in [6.07, 6.45) is 0. The van der Waals surface area contributed by atoms with Gasteiger partial charge in [0.2, 0.25) is 0 Å². The Morgan fingerprint density at radius 2 is 0.687 bits per heavy atom. The number of hydrogen-bond acceptors (Lipinski definition) is 1. The third-order valence-corrected chi connectivity index (χ3v) is 14.3. The molecule has 0 amide bonds. The average molecular weight is 856 g/mol. The minimum absolute atomic E-state index is 0.0994. The second-order valence-corrected chi connectivity index (χ2v) is 17.6. The molecule has 2 aliphatic carbocycles. The predicted octanol–water partition coefficient (Wildman–Crippen LogP) is 16.7. The van der Waals surface area contributed by atoms with Crippen LogP contribution in [-0.4, -0.2) is 0 Å². The van der Waals surface area contributed by atoms with Gasteiger partial charge in [0.15, 0.2) is 0 Å². The van der Waals surface area contributed by atoms with Gasteiger partial charge in [0.1, 0.15) is 0 Å². The summed E-state index contributed by atoms with van der Waals surface area (Å²) in [4.78, 5) is 1.95. The van der Waals surface area contributed by atoms with E-state index in [1.54, 1.807) is 0 Å². The van der Waals surface area contributed by atoms with Crippen LogP contribution in [0.1, 0.15) is 50.0 Å². The van der Waals surface area contributed by atoms with E-state index in [9.17, 15) is 5.48 Å². The molecule has 13 rings (SSSR count). The Balaban J connectivity index is 1.08. The molecule has 0 atom stereocenters. The first-order chi connectivity index (χ1) is 34.9. The standard InChI is InChI=1S/C66H45N/c1-4-21-48(22-5-1)65(61-32-15-12-28-57(61)58-29-13-16-33-62(58)65)51-37-41-53(42-38-51)67(52-39-35-47(36-40-52)56-31-18-20-46-19-10-11-27-55(46)56)54-43-44-60-59-30-14-17-34-63(59)66(64(60)45-54,49-23-6-2-7-24-49)50-25-8-3-9-26-50/h1-45H/i35D,36D,39D,40D. The minimum atomic E-state index is -0.710. The third-order valence-electron chi connectivity index (χ3n) is 14.3. The molecule has 1 nitrogen and oxygen atoms in total. The van der Waals surface area contributed by atoms with E-state index in [1.165, 1.54) is 27.8 Å². The zero-order valence-electron chi connectivity index (χ0n) is 40.6. The molecule has 0 spiro atoms. The lowest BCUT2D eigenvalue weighted by Crippen LogP contribution is -2.29. The average Bonchev–Trinajstić information content (AvgIpc) is 3.91. The third kappa shape index (κ3) is 5.81. The maximum atomic E-state index is 10.0. The zero-order chi connectivity index (χ0) is 47.8. The molecule has 0 unspecified atom stereocenters. The summed E-state index contributed by atoms with van der Waals surface area (Å²) in [5.41, 5.74) is 15.0. The van der Waals surface area contributed by atoms with Crippen LogP contribution in [-0.2, 0) is 10.8 Å². The van der Waals surface area contributed by atoms with Crippen LogP contribution < -0.4 is 4.90 Å². The molecule has 0 N–H and O–H groups in total. The van der Waals surface area contributed by atoms with Crippen LogP contribution >= 0.6 is 0 Å². The maximum absolute atomic E-state index is 10.0. The fraction of sp³-hybridized carbons (Fsp3) is 0.0303. The van der Waals surface area contributed by atoms with Crippen molar-refractivity contribution in [2.45, 2.75) is 10.8 Å². The van der Waals surface area contributed by atoms with E-state index in [2.05, 4.69) is 206 Å². The van der Waals surface area contributed by atoms with Gasteiger partial charge >= 0.3 is 0 Å². The minimum Gasteiger partial charge on any atom is -0.310 e. The van der Waals surface area contributed by atoms with E-state index in [-0.39, 0.29) is 35.4 Å². The highest BCUT2D eigenvalue weighted by Gasteiger charge is 2.47. The summed E-state index contributed by atoms with van der Waals surface area (Å²) >= 11 is 0. The van der Waals surface area contributed by atoms with Crippen molar-refractivity contribution < 1.29 is 5.48 Å². The molecule has 67 heavy (non-hydrogen) atoms. The van der Waals surface area contributed by atoms with E-state index < -0.39 is 10.8 Å². The molecular formula is C66H45N. The highest BCUT2D eigenvalue weighted by atomic mass is 15.1. The van der Waals surface area contributed by atoms with Gasteiger partial charge < -0.3 is 4.90 Å². The Morgan fingerprint density at radius 3 is 1.24 bits per heavy atom. The molecule has 0 fully saturated rings. The highest BCUT2D eigenvalue weighted by Crippen LogP contribution is 2.59. The lowest BCUT2D eigenvalue weighted by atomic mass is 9.67. The van der Waals surface area contributed by atoms with Crippen molar-refractivity contribution in [2.24, 2.45) is 0 Å². The van der Waals surface area contributed by atoms with Crippen molar-refractivity contribution >= 4 is 27.8 Å². The number of rotatable bonds is 8. The van der Waals surface area contributed by atoms with Crippen LogP contribution in [0.4, 0.5) is 17.1 Å². The number of anilines is 3. The second kappa shape index (κ2) is 15.6. The summed E-state index contributed by atoms with van der Waals surface area (Å²) in [6.45, 7) is 0. The van der Waals surface area contributed by atoms with E-state index in [0.717, 1.165) is 49.7 Å². The quantitative estimate of drug-likeness (QED) is 0.147. The molecule has 0 aromatic heterocycles. The largest absolute Gasteiger partial charge is 0.310 e. The topological polar surface area (TPSA) is 3.24 Å². The first-order valence-electron chi connectivity index (χ1n) is 25.0. The molecule has 11 aromatic rings. The predicted molar refractivity (Wildman–Crippen MR) is 279 cm³/mol. The van der Waals surface area contributed by atoms with Gasteiger partial charge in [-0.3, -0.25) is 0 Å². The number of hydrogen-bond donors (Lipinski definition) is 0. The molecule has 1 heteroatoms. The number of nitrogens with zero attached hydrogens (tertiary/aromatic N) is 1. The summed E-state index contributed by atoms with van der Waals surface area (Å²) in [5, 5.41) is 1.84. The first-order valence-corrected chi connectivity index (χ1v) is 23.0. The lowest BCUT2D eigenvalue weighted by Gasteiger charge is -2.35. The molecule has 2 aliphatic rings. The van der Waals surface area contributed by atoms with E-state index in [1.807, 2.05) is 47.4 Å². The van der Waals surface area contributed by atoms with Gasteiger partial charge in [-0.1, -0.05) is 237 Å². The van der Waals surface area contributed by atoms with Crippen LogP contribution in [0, 0.1) is 0 Å². The van der Waals surface area contributed by atoms with Gasteiger partial charge in [0, 0.05) is 17.1 Å². The van der Waals surface area contributed by atoms with Crippen LogP contribution in [0.2, 0.25) is 0 Å². The molecule has 0 radical (unpaired) electrons. The van der Waals surface area contributed by atoms with E-state index >= 15 is 0 Å². The van der Waals surface area contributed by atoms with Crippen LogP contribution in [0.15, 0.2) is 273 Å². The smallest absolute Gasteiger partial charge is 0.0714 e. The SMILES string of the molecule is [2H]c1c([2H])c(N(c2ccc(C3(c4ccccc4)c4ccccc4-c4ccccc43)cc2)c2ccc3c(c2)C(c2ccccc2)(c2ccccc2)c2ccccc2-3)c([2H])c([2H])c1-c1cccc2ccccc12. The van der Waals surface area contributed by atoms with Gasteiger partial charge in [0.05, 0.1) is 16.3 Å². The summed E-state index contributed by atoms with van der Waals surface area (Å²) in [7, 11) is 0. The van der Waals surface area contributed by atoms with Crippen molar-refractivity contribution in [3.8, 4) is 33.4 Å². The molecule has 0 saturated carbocycles. The molecule has 0 heterocycles. The monoisotopic (exact) mass is 855 g/mol. The summed E-state index contributed by atoms with van der Waals surface area (Å²) < 4.78 is 39.6. The van der Waals surface area contributed by atoms with E-state index in [4.69, 9.17) is 0 Å². The molecule has 314 valence electrons. The second-order valence-electron chi connectivity index (χ2n) is 17.6. The Morgan fingerprint density at radius 1 is 0.284 bits per heavy atom. The molecule has 0 saturated heterocycles. The fourth-order valence-electron chi connectivity index (χ4n) is 11.5. The van der Waals surface area contributed by atoms with Crippen molar-refractivity contribution in [3.63, 3.8) is 0 Å². The Hall–Kier alpha value is -8.52. The van der Waals surface area contributed by atoms with Gasteiger partial charge in [-0.2, -0.15) is 0 Å². The first kappa shape index (κ1) is 34.8. The van der Waals surface area contributed by atoms with Crippen LogP contribution in [0.3, 0.4) is 0 Å². The van der Waals surface area contributed by atoms with Gasteiger partial charge in [-0.15, -0.1) is 0 Å². The van der Waals surface area contributed by atoms with Crippen molar-refractivity contribution in [1.29, 1.82) is 0 Å². The Kier molecular flexibility index (Phi) is 8.10. The Labute approximate surface area is 398 Å². The number of benzene rings is 11. The lowest BCUT2D eigenvalue weighted by molar-refractivity contribution is 0.768. The zero-order valence-corrected chi connectivity index (χ0v) is 36.6. The Bertz CT molecular complexity index is 3750. The number of fused-ring (bicyclic) bond motifs is 7. The highest BCUT2D eigenvalue weighted by molar-refractivity contribution is 5.97. The summed E-state index contributed by atoms with van der Waals surface area (Å²) in [5.74, 6) is 0. The molecule has 0 aliphatic heterocycles. The fourth-order valence-corrected chi connectivity index (χ4v) is 11.5. The van der Waals surface area contributed by atoms with Gasteiger partial charge in [-0.25, -0.2) is 0 Å². The van der Waals surface area contributed by atoms with Gasteiger partial charge in [-0.05, 0) is 125 Å². The van der Waals surface area contributed by atoms with Crippen LogP contribution in [0.5, 0.6) is 0 Å². The van der Waals surface area contributed by atoms with Crippen LogP contribution in [0.25, 0.3) is 44.2 Å². The maximum Gasteiger partial charge on any atom is 0.0714 e. The molecule has 11 aromatic carbocycles. The van der Waals surface area contributed by atoms with Gasteiger partial charge in [0.25, 0.3) is 0 Å². The molecule has 0 bridgehead atoms.